The lowest BCUT2D eigenvalue weighted by atomic mass is 9.50. The van der Waals surface area contributed by atoms with E-state index in [0.29, 0.717) is 11.3 Å². The van der Waals surface area contributed by atoms with Crippen molar-refractivity contribution in [3.63, 3.8) is 0 Å². The van der Waals surface area contributed by atoms with Gasteiger partial charge in [-0.1, -0.05) is 6.42 Å². The molecule has 0 saturated heterocycles. The van der Waals surface area contributed by atoms with Crippen LogP contribution in [0.3, 0.4) is 0 Å². The molecule has 1 unspecified atom stereocenters. The first-order valence-corrected chi connectivity index (χ1v) is 3.83. The van der Waals surface area contributed by atoms with Gasteiger partial charge in [0, 0.05) is 5.92 Å². The molecule has 0 aromatic rings. The second kappa shape index (κ2) is 1.59. The lowest BCUT2D eigenvalue weighted by Gasteiger charge is -2.54. The second-order valence-corrected chi connectivity index (χ2v) is 3.50. The highest BCUT2D eigenvalue weighted by Gasteiger charge is 2.50. The molecule has 1 heteroatoms. The van der Waals surface area contributed by atoms with E-state index >= 15 is 0 Å². The Morgan fingerprint density at radius 2 is 2.11 bits per heavy atom. The lowest BCUT2D eigenvalue weighted by Crippen LogP contribution is -2.46. The zero-order chi connectivity index (χ0) is 6.32. The first-order valence-electron chi connectivity index (χ1n) is 3.83. The Labute approximate surface area is 55.4 Å². The molecule has 0 aromatic carbocycles. The average Bonchev–Trinajstić information content (AvgIpc) is 1.59. The Hall–Kier alpha value is -0.330. The Morgan fingerprint density at radius 3 is 2.22 bits per heavy atom. The van der Waals surface area contributed by atoms with Gasteiger partial charge in [0.25, 0.3) is 0 Å². The molecule has 2 aliphatic rings. The molecule has 2 saturated carbocycles. The highest BCUT2D eigenvalue weighted by Crippen LogP contribution is 2.58. The van der Waals surface area contributed by atoms with Gasteiger partial charge in [-0.05, 0) is 31.1 Å². The van der Waals surface area contributed by atoms with Crippen LogP contribution in [0.2, 0.25) is 0 Å². The standard InChI is InChI=1S/C8H12O/c9-6-7-2-5-8(7)3-1-4-8/h6-7H,1-5H2. The van der Waals surface area contributed by atoms with E-state index in [1.54, 1.807) is 0 Å². The first kappa shape index (κ1) is 5.45. The van der Waals surface area contributed by atoms with Crippen molar-refractivity contribution in [2.45, 2.75) is 32.1 Å². The first-order chi connectivity index (χ1) is 4.37. The summed E-state index contributed by atoms with van der Waals surface area (Å²) in [5.41, 5.74) is 0.543. The predicted molar refractivity (Wildman–Crippen MR) is 35.1 cm³/mol. The number of aldehydes is 1. The molecular formula is C8H12O. The normalized spacial score (nSPS) is 37.1. The number of carbonyl (C=O) groups excluding carboxylic acids is 1. The smallest absolute Gasteiger partial charge is 0.123 e. The summed E-state index contributed by atoms with van der Waals surface area (Å²) >= 11 is 0. The maximum absolute atomic E-state index is 10.4. The van der Waals surface area contributed by atoms with Crippen molar-refractivity contribution in [2.24, 2.45) is 11.3 Å². The summed E-state index contributed by atoms with van der Waals surface area (Å²) in [4.78, 5) is 10.4. The molecular weight excluding hydrogens is 112 g/mol. The third-order valence-electron chi connectivity index (χ3n) is 3.25. The van der Waals surface area contributed by atoms with E-state index in [0.717, 1.165) is 0 Å². The van der Waals surface area contributed by atoms with E-state index in [-0.39, 0.29) is 0 Å². The third kappa shape index (κ3) is 0.525. The predicted octanol–water partition coefficient (Wildman–Crippen LogP) is 1.77. The van der Waals surface area contributed by atoms with E-state index < -0.39 is 0 Å². The van der Waals surface area contributed by atoms with Crippen LogP contribution in [0.5, 0.6) is 0 Å². The molecule has 2 fully saturated rings. The monoisotopic (exact) mass is 124 g/mol. The molecule has 1 nitrogen and oxygen atoms in total. The fourth-order valence-corrected chi connectivity index (χ4v) is 2.18. The molecule has 2 rings (SSSR count). The van der Waals surface area contributed by atoms with Crippen molar-refractivity contribution >= 4 is 6.29 Å². The van der Waals surface area contributed by atoms with Gasteiger partial charge in [-0.3, -0.25) is 0 Å². The fourth-order valence-electron chi connectivity index (χ4n) is 2.18. The van der Waals surface area contributed by atoms with Crippen molar-refractivity contribution in [1.29, 1.82) is 0 Å². The molecule has 0 bridgehead atoms. The average molecular weight is 124 g/mol. The number of rotatable bonds is 1. The summed E-state index contributed by atoms with van der Waals surface area (Å²) in [6.07, 6.45) is 7.69. The van der Waals surface area contributed by atoms with Crippen molar-refractivity contribution in [1.82, 2.24) is 0 Å². The van der Waals surface area contributed by atoms with E-state index in [1.807, 2.05) is 0 Å². The molecule has 0 aliphatic heterocycles. The van der Waals surface area contributed by atoms with Crippen LogP contribution in [0.25, 0.3) is 0 Å². The quantitative estimate of drug-likeness (QED) is 0.487. The van der Waals surface area contributed by atoms with Crippen molar-refractivity contribution < 1.29 is 4.79 Å². The molecule has 9 heavy (non-hydrogen) atoms. The third-order valence-corrected chi connectivity index (χ3v) is 3.25. The zero-order valence-corrected chi connectivity index (χ0v) is 5.60. The minimum Gasteiger partial charge on any atom is -0.303 e. The van der Waals surface area contributed by atoms with Crippen LogP contribution in [-0.2, 0) is 4.79 Å². The van der Waals surface area contributed by atoms with Crippen molar-refractivity contribution in [2.75, 3.05) is 0 Å². The molecule has 1 spiro atoms. The summed E-state index contributed by atoms with van der Waals surface area (Å²) in [6, 6.07) is 0. The van der Waals surface area contributed by atoms with E-state index in [1.165, 1.54) is 38.4 Å². The Bertz CT molecular complexity index is 130. The number of hydrogen-bond donors (Lipinski definition) is 0. The maximum Gasteiger partial charge on any atom is 0.123 e. The molecule has 1 atom stereocenters. The van der Waals surface area contributed by atoms with Gasteiger partial charge in [0.15, 0.2) is 0 Å². The van der Waals surface area contributed by atoms with Crippen molar-refractivity contribution in [3.8, 4) is 0 Å². The maximum atomic E-state index is 10.4. The molecule has 0 aromatic heterocycles. The topological polar surface area (TPSA) is 17.1 Å². The Balaban J connectivity index is 2.04. The number of carbonyl (C=O) groups is 1. The van der Waals surface area contributed by atoms with Crippen LogP contribution in [0.1, 0.15) is 32.1 Å². The van der Waals surface area contributed by atoms with Gasteiger partial charge in [0.05, 0.1) is 0 Å². The van der Waals surface area contributed by atoms with Crippen LogP contribution >= 0.6 is 0 Å². The van der Waals surface area contributed by atoms with E-state index in [4.69, 9.17) is 0 Å². The molecule has 0 heterocycles. The minimum absolute atomic E-state index is 0.450. The van der Waals surface area contributed by atoms with Gasteiger partial charge in [-0.15, -0.1) is 0 Å². The molecule has 0 N–H and O–H groups in total. The van der Waals surface area contributed by atoms with E-state index in [2.05, 4.69) is 0 Å². The second-order valence-electron chi connectivity index (χ2n) is 3.50. The highest BCUT2D eigenvalue weighted by atomic mass is 16.1. The van der Waals surface area contributed by atoms with Gasteiger partial charge < -0.3 is 4.79 Å². The fraction of sp³-hybridized carbons (Fsp3) is 0.875. The summed E-state index contributed by atoms with van der Waals surface area (Å²) in [6.45, 7) is 0. The largest absolute Gasteiger partial charge is 0.303 e. The summed E-state index contributed by atoms with van der Waals surface area (Å²) in [5, 5.41) is 0. The van der Waals surface area contributed by atoms with Crippen LogP contribution in [-0.4, -0.2) is 6.29 Å². The van der Waals surface area contributed by atoms with Gasteiger partial charge in [-0.2, -0.15) is 0 Å². The summed E-state index contributed by atoms with van der Waals surface area (Å²) in [5.74, 6) is 0.450. The summed E-state index contributed by atoms with van der Waals surface area (Å²) < 4.78 is 0. The lowest BCUT2D eigenvalue weighted by molar-refractivity contribution is -0.128. The van der Waals surface area contributed by atoms with Crippen LogP contribution < -0.4 is 0 Å². The number of hydrogen-bond acceptors (Lipinski definition) is 1. The molecule has 0 radical (unpaired) electrons. The summed E-state index contributed by atoms with van der Waals surface area (Å²) in [7, 11) is 0. The van der Waals surface area contributed by atoms with Crippen molar-refractivity contribution in [3.05, 3.63) is 0 Å². The van der Waals surface area contributed by atoms with E-state index in [9.17, 15) is 4.79 Å². The molecule has 2 aliphatic carbocycles. The Morgan fingerprint density at radius 1 is 1.33 bits per heavy atom. The Kier molecular flexibility index (Phi) is 0.961. The molecule has 50 valence electrons. The highest BCUT2D eigenvalue weighted by molar-refractivity contribution is 5.57. The minimum atomic E-state index is 0.450. The zero-order valence-electron chi connectivity index (χ0n) is 5.60. The SMILES string of the molecule is O=CC1CCC12CCC2. The van der Waals surface area contributed by atoms with Crippen LogP contribution in [0.15, 0.2) is 0 Å². The van der Waals surface area contributed by atoms with Gasteiger partial charge in [0.2, 0.25) is 0 Å². The van der Waals surface area contributed by atoms with Gasteiger partial charge in [-0.25, -0.2) is 0 Å². The molecule has 0 amide bonds. The van der Waals surface area contributed by atoms with Crippen LogP contribution in [0, 0.1) is 11.3 Å². The van der Waals surface area contributed by atoms with Crippen LogP contribution in [0.4, 0.5) is 0 Å². The van der Waals surface area contributed by atoms with Gasteiger partial charge in [0.1, 0.15) is 6.29 Å². The van der Waals surface area contributed by atoms with Gasteiger partial charge >= 0.3 is 0 Å².